The largest absolute Gasteiger partial charge is 0.494 e. The van der Waals surface area contributed by atoms with Crippen molar-refractivity contribution in [2.24, 2.45) is 0 Å². The molecule has 0 radical (unpaired) electrons. The summed E-state index contributed by atoms with van der Waals surface area (Å²) in [5, 5.41) is 11.2. The monoisotopic (exact) mass is 413 g/mol. The summed E-state index contributed by atoms with van der Waals surface area (Å²) in [5.74, 6) is 1.47. The van der Waals surface area contributed by atoms with Crippen LogP contribution < -0.4 is 10.1 Å². The molecule has 0 fully saturated rings. The van der Waals surface area contributed by atoms with E-state index in [1.807, 2.05) is 55.5 Å². The first-order valence-electron chi connectivity index (χ1n) is 10.2. The van der Waals surface area contributed by atoms with Gasteiger partial charge in [0.25, 0.3) is 5.91 Å². The molecular formula is C25H23N3O3. The summed E-state index contributed by atoms with van der Waals surface area (Å²) < 4.78 is 11.4. The van der Waals surface area contributed by atoms with Crippen LogP contribution in [0.3, 0.4) is 0 Å². The number of amides is 1. The second kappa shape index (κ2) is 9.26. The van der Waals surface area contributed by atoms with Crippen LogP contribution in [0, 0.1) is 6.92 Å². The first kappa shape index (κ1) is 20.3. The Bertz CT molecular complexity index is 1170. The van der Waals surface area contributed by atoms with Gasteiger partial charge in [0, 0.05) is 22.4 Å². The van der Waals surface area contributed by atoms with Crippen LogP contribution in [-0.4, -0.2) is 22.7 Å². The molecular weight excluding hydrogens is 390 g/mol. The number of carbonyl (C=O) groups is 1. The molecule has 0 aliphatic heterocycles. The molecule has 0 unspecified atom stereocenters. The summed E-state index contributed by atoms with van der Waals surface area (Å²) in [6.07, 6.45) is 0.940. The van der Waals surface area contributed by atoms with Crippen LogP contribution in [0.5, 0.6) is 5.75 Å². The molecule has 1 aromatic heterocycles. The maximum absolute atomic E-state index is 12.5. The number of hydrogen-bond donors (Lipinski definition) is 1. The number of benzene rings is 3. The van der Waals surface area contributed by atoms with Gasteiger partial charge >= 0.3 is 0 Å². The summed E-state index contributed by atoms with van der Waals surface area (Å²) in [5.41, 5.74) is 4.03. The minimum atomic E-state index is -0.186. The third-order valence-corrected chi connectivity index (χ3v) is 4.67. The Hall–Kier alpha value is -3.93. The zero-order valence-electron chi connectivity index (χ0n) is 17.5. The van der Waals surface area contributed by atoms with Crippen molar-refractivity contribution < 1.29 is 13.9 Å². The second-order valence-corrected chi connectivity index (χ2v) is 7.19. The summed E-state index contributed by atoms with van der Waals surface area (Å²) >= 11 is 0. The van der Waals surface area contributed by atoms with Crippen molar-refractivity contribution in [2.75, 3.05) is 11.9 Å². The first-order chi connectivity index (χ1) is 15.1. The highest BCUT2D eigenvalue weighted by atomic mass is 16.5. The lowest BCUT2D eigenvalue weighted by Crippen LogP contribution is -2.11. The molecule has 1 amide bonds. The molecule has 0 spiro atoms. The Morgan fingerprint density at radius 3 is 2.32 bits per heavy atom. The lowest BCUT2D eigenvalue weighted by atomic mass is 10.1. The predicted octanol–water partition coefficient (Wildman–Crippen LogP) is 5.75. The highest BCUT2D eigenvalue weighted by molar-refractivity contribution is 6.04. The van der Waals surface area contributed by atoms with Gasteiger partial charge in [-0.15, -0.1) is 10.2 Å². The number of anilines is 1. The van der Waals surface area contributed by atoms with Crippen molar-refractivity contribution in [1.29, 1.82) is 0 Å². The van der Waals surface area contributed by atoms with Gasteiger partial charge in [-0.2, -0.15) is 0 Å². The zero-order chi connectivity index (χ0) is 21.6. The number of aromatic nitrogens is 2. The third kappa shape index (κ3) is 4.98. The van der Waals surface area contributed by atoms with Crippen LogP contribution in [0.1, 0.15) is 29.3 Å². The summed E-state index contributed by atoms with van der Waals surface area (Å²) in [6, 6.07) is 22.3. The van der Waals surface area contributed by atoms with Crippen molar-refractivity contribution >= 4 is 11.6 Å². The number of nitrogens with one attached hydrogen (secondary N) is 1. The van der Waals surface area contributed by atoms with Crippen molar-refractivity contribution in [2.45, 2.75) is 20.3 Å². The molecule has 3 aromatic carbocycles. The second-order valence-electron chi connectivity index (χ2n) is 7.19. The van der Waals surface area contributed by atoms with Gasteiger partial charge in [0.1, 0.15) is 5.75 Å². The van der Waals surface area contributed by atoms with E-state index in [2.05, 4.69) is 22.4 Å². The number of ether oxygens (including phenoxy) is 1. The quantitative estimate of drug-likeness (QED) is 0.417. The molecule has 156 valence electrons. The molecule has 1 N–H and O–H groups in total. The fraction of sp³-hybridized carbons (Fsp3) is 0.160. The zero-order valence-corrected chi connectivity index (χ0v) is 17.5. The highest BCUT2D eigenvalue weighted by Gasteiger charge is 2.11. The van der Waals surface area contributed by atoms with Gasteiger partial charge in [0.05, 0.1) is 6.61 Å². The van der Waals surface area contributed by atoms with E-state index in [0.717, 1.165) is 28.9 Å². The molecule has 0 atom stereocenters. The summed E-state index contributed by atoms with van der Waals surface area (Å²) in [4.78, 5) is 12.5. The van der Waals surface area contributed by atoms with E-state index < -0.39 is 0 Å². The van der Waals surface area contributed by atoms with E-state index in [0.29, 0.717) is 29.6 Å². The molecule has 4 rings (SSSR count). The Labute approximate surface area is 180 Å². The molecule has 31 heavy (non-hydrogen) atoms. The van der Waals surface area contributed by atoms with E-state index in [9.17, 15) is 4.79 Å². The number of carbonyl (C=O) groups excluding carboxylic acids is 1. The van der Waals surface area contributed by atoms with Gasteiger partial charge in [-0.1, -0.05) is 24.6 Å². The van der Waals surface area contributed by atoms with Gasteiger partial charge in [0.2, 0.25) is 11.8 Å². The first-order valence-corrected chi connectivity index (χ1v) is 10.2. The molecule has 6 nitrogen and oxygen atoms in total. The molecule has 0 saturated heterocycles. The fourth-order valence-corrected chi connectivity index (χ4v) is 3.06. The molecule has 0 bridgehead atoms. The Morgan fingerprint density at radius 1 is 0.935 bits per heavy atom. The molecule has 6 heteroatoms. The third-order valence-electron chi connectivity index (χ3n) is 4.67. The van der Waals surface area contributed by atoms with E-state index in [4.69, 9.17) is 9.15 Å². The van der Waals surface area contributed by atoms with Crippen LogP contribution in [0.25, 0.3) is 22.9 Å². The van der Waals surface area contributed by atoms with E-state index >= 15 is 0 Å². The minimum Gasteiger partial charge on any atom is -0.494 e. The normalized spacial score (nSPS) is 10.6. The number of aryl methyl sites for hydroxylation is 1. The fourth-order valence-electron chi connectivity index (χ4n) is 3.06. The van der Waals surface area contributed by atoms with Crippen LogP contribution in [-0.2, 0) is 0 Å². The van der Waals surface area contributed by atoms with Crippen molar-refractivity contribution in [3.63, 3.8) is 0 Å². The standard InChI is InChI=1S/C25H23N3O3/c1-3-15-30-22-13-9-18(10-14-22)23(29)26-21-11-7-19(8-12-21)24-27-28-25(31-24)20-6-4-5-17(2)16-20/h4-14,16H,3,15H2,1-2H3,(H,26,29). The van der Waals surface area contributed by atoms with Gasteiger partial charge in [0.15, 0.2) is 0 Å². The Balaban J connectivity index is 1.42. The van der Waals surface area contributed by atoms with Gasteiger partial charge in [-0.25, -0.2) is 0 Å². The Morgan fingerprint density at radius 2 is 1.65 bits per heavy atom. The number of hydrogen-bond acceptors (Lipinski definition) is 5. The lowest BCUT2D eigenvalue weighted by molar-refractivity contribution is 0.102. The van der Waals surface area contributed by atoms with Gasteiger partial charge < -0.3 is 14.5 Å². The molecule has 4 aromatic rings. The van der Waals surface area contributed by atoms with Crippen LogP contribution in [0.15, 0.2) is 77.2 Å². The molecule has 0 aliphatic rings. The maximum Gasteiger partial charge on any atom is 0.255 e. The van der Waals surface area contributed by atoms with Crippen molar-refractivity contribution in [3.8, 4) is 28.7 Å². The lowest BCUT2D eigenvalue weighted by Gasteiger charge is -2.07. The van der Waals surface area contributed by atoms with Crippen molar-refractivity contribution in [1.82, 2.24) is 10.2 Å². The van der Waals surface area contributed by atoms with Gasteiger partial charge in [-0.3, -0.25) is 4.79 Å². The number of nitrogens with zero attached hydrogens (tertiary/aromatic N) is 2. The van der Waals surface area contributed by atoms with Crippen LogP contribution in [0.4, 0.5) is 5.69 Å². The van der Waals surface area contributed by atoms with Crippen LogP contribution in [0.2, 0.25) is 0 Å². The molecule has 1 heterocycles. The van der Waals surface area contributed by atoms with E-state index in [1.165, 1.54) is 0 Å². The summed E-state index contributed by atoms with van der Waals surface area (Å²) in [7, 11) is 0. The number of rotatable bonds is 7. The molecule has 0 saturated carbocycles. The van der Waals surface area contributed by atoms with E-state index in [1.54, 1.807) is 24.3 Å². The SMILES string of the molecule is CCCOc1ccc(C(=O)Nc2ccc(-c3nnc(-c4cccc(C)c4)o3)cc2)cc1. The molecule has 0 aliphatic carbocycles. The summed E-state index contributed by atoms with van der Waals surface area (Å²) in [6.45, 7) is 4.72. The predicted molar refractivity (Wildman–Crippen MR) is 120 cm³/mol. The van der Waals surface area contributed by atoms with E-state index in [-0.39, 0.29) is 5.91 Å². The topological polar surface area (TPSA) is 77.2 Å². The minimum absolute atomic E-state index is 0.186. The average Bonchev–Trinajstić information content (AvgIpc) is 3.29. The van der Waals surface area contributed by atoms with Crippen LogP contribution >= 0.6 is 0 Å². The Kier molecular flexibility index (Phi) is 6.08. The van der Waals surface area contributed by atoms with Crippen molar-refractivity contribution in [3.05, 3.63) is 83.9 Å². The smallest absolute Gasteiger partial charge is 0.255 e. The van der Waals surface area contributed by atoms with Gasteiger partial charge in [-0.05, 0) is 74.0 Å². The highest BCUT2D eigenvalue weighted by Crippen LogP contribution is 2.25. The average molecular weight is 413 g/mol. The maximum atomic E-state index is 12.5.